The maximum Gasteiger partial charge on any atom is 0.0908 e. The summed E-state index contributed by atoms with van der Waals surface area (Å²) in [6.07, 6.45) is 7.83. The van der Waals surface area contributed by atoms with Gasteiger partial charge in [-0.1, -0.05) is 0 Å². The predicted molar refractivity (Wildman–Crippen MR) is 66.5 cm³/mol. The fourth-order valence-electron chi connectivity index (χ4n) is 2.92. The molecule has 0 radical (unpaired) electrons. The second-order valence-corrected chi connectivity index (χ2v) is 5.17. The highest BCUT2D eigenvalue weighted by atomic mass is 15.3. The summed E-state index contributed by atoms with van der Waals surface area (Å²) < 4.78 is 0. The molecule has 2 saturated heterocycles. The summed E-state index contributed by atoms with van der Waals surface area (Å²) in [4.78, 5) is 2.58. The van der Waals surface area contributed by atoms with Crippen molar-refractivity contribution < 1.29 is 0 Å². The molecule has 92 valence electrons. The molecule has 2 aliphatic rings. The van der Waals surface area contributed by atoms with Crippen LogP contribution < -0.4 is 11.1 Å². The average Bonchev–Trinajstić information content (AvgIpc) is 2.30. The van der Waals surface area contributed by atoms with Gasteiger partial charge in [-0.15, -0.1) is 0 Å². The zero-order valence-electron chi connectivity index (χ0n) is 10.0. The first-order valence-electron chi connectivity index (χ1n) is 6.56. The maximum atomic E-state index is 7.33. The van der Waals surface area contributed by atoms with Gasteiger partial charge in [-0.25, -0.2) is 0 Å². The smallest absolute Gasteiger partial charge is 0.0908 e. The van der Waals surface area contributed by atoms with Crippen LogP contribution in [0.5, 0.6) is 0 Å². The van der Waals surface area contributed by atoms with Crippen molar-refractivity contribution in [3.05, 3.63) is 0 Å². The monoisotopic (exact) mass is 224 g/mol. The Balaban J connectivity index is 1.73. The largest absolute Gasteiger partial charge is 0.388 e. The van der Waals surface area contributed by atoms with Crippen LogP contribution in [0.15, 0.2) is 0 Å². The van der Waals surface area contributed by atoms with Gasteiger partial charge in [-0.2, -0.15) is 0 Å². The summed E-state index contributed by atoms with van der Waals surface area (Å²) in [5.41, 5.74) is 5.46. The van der Waals surface area contributed by atoms with Crippen LogP contribution in [0.3, 0.4) is 0 Å². The molecule has 4 heteroatoms. The minimum absolute atomic E-state index is 0.356. The van der Waals surface area contributed by atoms with Gasteiger partial charge in [-0.05, 0) is 57.7 Å². The standard InChI is InChI=1S/C12H24N4/c13-11(14)9-10-4-7-16(8-5-10)12-3-1-2-6-15-12/h10,12,15H,1-9H2,(H3,13,14). The van der Waals surface area contributed by atoms with Crippen LogP contribution in [0.25, 0.3) is 0 Å². The lowest BCUT2D eigenvalue weighted by atomic mass is 9.92. The number of hydrogen-bond acceptors (Lipinski definition) is 3. The number of rotatable bonds is 3. The Kier molecular flexibility index (Phi) is 4.18. The van der Waals surface area contributed by atoms with E-state index in [1.54, 1.807) is 0 Å². The minimum Gasteiger partial charge on any atom is -0.388 e. The average molecular weight is 224 g/mol. The Morgan fingerprint density at radius 3 is 2.56 bits per heavy atom. The van der Waals surface area contributed by atoms with Crippen LogP contribution >= 0.6 is 0 Å². The number of nitrogens with two attached hydrogens (primary N) is 1. The van der Waals surface area contributed by atoms with Crippen molar-refractivity contribution >= 4 is 5.84 Å². The molecule has 0 aliphatic carbocycles. The molecule has 0 aromatic heterocycles. The molecule has 0 amide bonds. The highest BCUT2D eigenvalue weighted by molar-refractivity contribution is 5.77. The molecule has 1 atom stereocenters. The molecular weight excluding hydrogens is 200 g/mol. The van der Waals surface area contributed by atoms with Crippen molar-refractivity contribution in [2.45, 2.75) is 44.7 Å². The van der Waals surface area contributed by atoms with E-state index in [2.05, 4.69) is 10.2 Å². The van der Waals surface area contributed by atoms with Crippen molar-refractivity contribution in [3.8, 4) is 0 Å². The number of hydrogen-bond donors (Lipinski definition) is 3. The van der Waals surface area contributed by atoms with E-state index >= 15 is 0 Å². The van der Waals surface area contributed by atoms with Crippen molar-refractivity contribution in [1.29, 1.82) is 5.41 Å². The fraction of sp³-hybridized carbons (Fsp3) is 0.917. The Morgan fingerprint density at radius 2 is 2.00 bits per heavy atom. The van der Waals surface area contributed by atoms with E-state index in [4.69, 9.17) is 11.1 Å². The van der Waals surface area contributed by atoms with Gasteiger partial charge < -0.3 is 11.1 Å². The van der Waals surface area contributed by atoms with Gasteiger partial charge >= 0.3 is 0 Å². The van der Waals surface area contributed by atoms with E-state index < -0.39 is 0 Å². The van der Waals surface area contributed by atoms with Crippen LogP contribution in [0.1, 0.15) is 38.5 Å². The van der Waals surface area contributed by atoms with E-state index in [1.807, 2.05) is 0 Å². The van der Waals surface area contributed by atoms with Gasteiger partial charge in [0.2, 0.25) is 0 Å². The van der Waals surface area contributed by atoms with E-state index in [0.29, 0.717) is 17.9 Å². The molecule has 0 aromatic rings. The van der Waals surface area contributed by atoms with Crippen LogP contribution in [0.2, 0.25) is 0 Å². The third-order valence-electron chi connectivity index (χ3n) is 3.88. The lowest BCUT2D eigenvalue weighted by Crippen LogP contribution is -2.51. The van der Waals surface area contributed by atoms with Crippen molar-refractivity contribution in [1.82, 2.24) is 10.2 Å². The SMILES string of the molecule is N=C(N)CC1CCN(C2CCCCN2)CC1. The first-order valence-corrected chi connectivity index (χ1v) is 6.56. The number of piperidine rings is 2. The van der Waals surface area contributed by atoms with E-state index in [9.17, 15) is 0 Å². The summed E-state index contributed by atoms with van der Waals surface area (Å²) in [6.45, 7) is 3.53. The zero-order chi connectivity index (χ0) is 11.4. The van der Waals surface area contributed by atoms with Crippen LogP contribution in [-0.4, -0.2) is 36.5 Å². The van der Waals surface area contributed by atoms with Gasteiger partial charge in [0, 0.05) is 6.42 Å². The Bertz CT molecular complexity index is 227. The van der Waals surface area contributed by atoms with Gasteiger partial charge in [-0.3, -0.25) is 10.3 Å². The Morgan fingerprint density at radius 1 is 1.25 bits per heavy atom. The maximum absolute atomic E-state index is 7.33. The number of amidine groups is 1. The van der Waals surface area contributed by atoms with E-state index in [-0.39, 0.29) is 0 Å². The number of nitrogens with zero attached hydrogens (tertiary/aromatic N) is 1. The number of likely N-dealkylation sites (tertiary alicyclic amines) is 1. The summed E-state index contributed by atoms with van der Waals surface area (Å²) in [5.74, 6) is 1.01. The molecular formula is C12H24N4. The molecule has 2 rings (SSSR count). The molecule has 0 bridgehead atoms. The van der Waals surface area contributed by atoms with E-state index in [0.717, 1.165) is 6.42 Å². The summed E-state index contributed by atoms with van der Waals surface area (Å²) in [7, 11) is 0. The molecule has 2 heterocycles. The van der Waals surface area contributed by atoms with Gasteiger partial charge in [0.1, 0.15) is 0 Å². The van der Waals surface area contributed by atoms with Crippen LogP contribution in [-0.2, 0) is 0 Å². The molecule has 1 unspecified atom stereocenters. The fourth-order valence-corrected chi connectivity index (χ4v) is 2.92. The molecule has 4 nitrogen and oxygen atoms in total. The van der Waals surface area contributed by atoms with Gasteiger partial charge in [0.25, 0.3) is 0 Å². The lowest BCUT2D eigenvalue weighted by Gasteiger charge is -2.39. The van der Waals surface area contributed by atoms with Crippen molar-refractivity contribution in [2.75, 3.05) is 19.6 Å². The van der Waals surface area contributed by atoms with Crippen LogP contribution in [0, 0.1) is 11.3 Å². The lowest BCUT2D eigenvalue weighted by molar-refractivity contribution is 0.0943. The van der Waals surface area contributed by atoms with E-state index in [1.165, 1.54) is 51.7 Å². The molecule has 0 spiro atoms. The minimum atomic E-state index is 0.356. The Labute approximate surface area is 98.1 Å². The first kappa shape index (κ1) is 11.9. The molecule has 0 aromatic carbocycles. The summed E-state index contributed by atoms with van der Waals surface area (Å²) in [6, 6.07) is 0. The molecule has 16 heavy (non-hydrogen) atoms. The normalized spacial score (nSPS) is 29.1. The topological polar surface area (TPSA) is 65.1 Å². The third-order valence-corrected chi connectivity index (χ3v) is 3.88. The van der Waals surface area contributed by atoms with Crippen molar-refractivity contribution in [3.63, 3.8) is 0 Å². The number of nitrogens with one attached hydrogen (secondary N) is 2. The third kappa shape index (κ3) is 3.19. The highest BCUT2D eigenvalue weighted by Gasteiger charge is 2.25. The van der Waals surface area contributed by atoms with Crippen molar-refractivity contribution in [2.24, 2.45) is 11.7 Å². The summed E-state index contributed by atoms with van der Waals surface area (Å²) >= 11 is 0. The first-order chi connectivity index (χ1) is 7.75. The molecule has 0 saturated carbocycles. The second-order valence-electron chi connectivity index (χ2n) is 5.17. The summed E-state index contributed by atoms with van der Waals surface area (Å²) in [5, 5.41) is 10.9. The quantitative estimate of drug-likeness (QED) is 0.497. The predicted octanol–water partition coefficient (Wildman–Crippen LogP) is 1.12. The van der Waals surface area contributed by atoms with Gasteiger partial charge in [0.05, 0.1) is 12.0 Å². The second kappa shape index (κ2) is 5.64. The Hall–Kier alpha value is -0.610. The van der Waals surface area contributed by atoms with Gasteiger partial charge in [0.15, 0.2) is 0 Å². The highest BCUT2D eigenvalue weighted by Crippen LogP contribution is 2.23. The van der Waals surface area contributed by atoms with Crippen LogP contribution in [0.4, 0.5) is 0 Å². The molecule has 2 fully saturated rings. The zero-order valence-corrected chi connectivity index (χ0v) is 10.0. The molecule has 2 aliphatic heterocycles. The molecule has 4 N–H and O–H groups in total.